The zero-order valence-electron chi connectivity index (χ0n) is 11.5. The van der Waals surface area contributed by atoms with Crippen LogP contribution in [0.5, 0.6) is 11.5 Å². The van der Waals surface area contributed by atoms with Crippen molar-refractivity contribution in [1.82, 2.24) is 5.32 Å². The Balaban J connectivity index is 1.85. The zero-order valence-corrected chi connectivity index (χ0v) is 11.5. The van der Waals surface area contributed by atoms with E-state index in [1.54, 1.807) is 0 Å². The molecule has 0 radical (unpaired) electrons. The van der Waals surface area contributed by atoms with Crippen LogP contribution in [0.3, 0.4) is 0 Å². The van der Waals surface area contributed by atoms with Gasteiger partial charge < -0.3 is 10.1 Å². The highest BCUT2D eigenvalue weighted by Gasteiger charge is 2.00. The molecule has 3 nitrogen and oxygen atoms in total. The quantitative estimate of drug-likeness (QED) is 0.870. The largest absolute Gasteiger partial charge is 0.457 e. The minimum atomic E-state index is -0.101. The summed E-state index contributed by atoms with van der Waals surface area (Å²) in [4.78, 5) is 0. The van der Waals surface area contributed by atoms with Gasteiger partial charge in [-0.3, -0.25) is 0 Å². The molecule has 20 heavy (non-hydrogen) atoms. The number of rotatable bonds is 6. The molecule has 0 bridgehead atoms. The van der Waals surface area contributed by atoms with Crippen LogP contribution in [0.2, 0.25) is 0 Å². The van der Waals surface area contributed by atoms with Crippen molar-refractivity contribution in [2.45, 2.75) is 19.4 Å². The van der Waals surface area contributed by atoms with Crippen molar-refractivity contribution in [3.63, 3.8) is 0 Å². The smallest absolute Gasteiger partial charge is 0.127 e. The number of benzene rings is 2. The first-order valence-corrected chi connectivity index (χ1v) is 6.73. The van der Waals surface area contributed by atoms with Crippen molar-refractivity contribution in [3.8, 4) is 17.6 Å². The molecule has 0 spiro atoms. The van der Waals surface area contributed by atoms with Gasteiger partial charge in [0.15, 0.2) is 0 Å². The van der Waals surface area contributed by atoms with Crippen LogP contribution in [-0.2, 0) is 6.42 Å². The van der Waals surface area contributed by atoms with Crippen LogP contribution in [0.4, 0.5) is 0 Å². The van der Waals surface area contributed by atoms with E-state index >= 15 is 0 Å². The van der Waals surface area contributed by atoms with Crippen molar-refractivity contribution in [2.24, 2.45) is 0 Å². The lowest BCUT2D eigenvalue weighted by Crippen LogP contribution is -2.26. The van der Waals surface area contributed by atoms with Gasteiger partial charge in [-0.1, -0.05) is 30.3 Å². The third kappa shape index (κ3) is 4.42. The molecule has 3 heteroatoms. The second kappa shape index (κ2) is 7.32. The van der Waals surface area contributed by atoms with E-state index in [1.807, 2.05) is 49.4 Å². The van der Waals surface area contributed by atoms with E-state index in [9.17, 15) is 0 Å². The lowest BCUT2D eigenvalue weighted by atomic mass is 10.1. The van der Waals surface area contributed by atoms with Gasteiger partial charge in [-0.25, -0.2) is 0 Å². The van der Waals surface area contributed by atoms with Crippen molar-refractivity contribution in [2.75, 3.05) is 6.54 Å². The SMILES string of the molecule is CC(C#N)NCCc1ccc(Oc2ccccc2)cc1. The van der Waals surface area contributed by atoms with Crippen molar-refractivity contribution >= 4 is 0 Å². The highest BCUT2D eigenvalue weighted by atomic mass is 16.5. The fourth-order valence-electron chi connectivity index (χ4n) is 1.83. The predicted molar refractivity (Wildman–Crippen MR) is 79.7 cm³/mol. The molecule has 0 aromatic heterocycles. The first-order chi connectivity index (χ1) is 9.78. The summed E-state index contributed by atoms with van der Waals surface area (Å²) < 4.78 is 5.73. The van der Waals surface area contributed by atoms with Gasteiger partial charge in [-0.2, -0.15) is 5.26 Å². The molecule has 2 aromatic rings. The Morgan fingerprint density at radius 3 is 2.35 bits per heavy atom. The highest BCUT2D eigenvalue weighted by Crippen LogP contribution is 2.21. The Morgan fingerprint density at radius 2 is 1.70 bits per heavy atom. The fourth-order valence-corrected chi connectivity index (χ4v) is 1.83. The second-order valence-electron chi connectivity index (χ2n) is 4.61. The van der Waals surface area contributed by atoms with Crippen LogP contribution < -0.4 is 10.1 Å². The summed E-state index contributed by atoms with van der Waals surface area (Å²) in [5, 5.41) is 11.8. The number of nitriles is 1. The standard InChI is InChI=1S/C17H18N2O/c1-14(13-18)19-12-11-15-7-9-17(10-8-15)20-16-5-3-2-4-6-16/h2-10,14,19H,11-12H2,1H3. The number of hydrogen-bond acceptors (Lipinski definition) is 3. The summed E-state index contributed by atoms with van der Waals surface area (Å²) in [7, 11) is 0. The topological polar surface area (TPSA) is 45.0 Å². The molecule has 2 rings (SSSR count). The van der Waals surface area contributed by atoms with Crippen LogP contribution in [0.1, 0.15) is 12.5 Å². The number of para-hydroxylation sites is 1. The third-order valence-electron chi connectivity index (χ3n) is 2.96. The van der Waals surface area contributed by atoms with E-state index in [2.05, 4.69) is 23.5 Å². The van der Waals surface area contributed by atoms with Crippen LogP contribution in [0, 0.1) is 11.3 Å². The molecular formula is C17H18N2O. The maximum atomic E-state index is 8.68. The Labute approximate surface area is 119 Å². The molecule has 0 fully saturated rings. The monoisotopic (exact) mass is 266 g/mol. The van der Waals surface area contributed by atoms with Gasteiger partial charge >= 0.3 is 0 Å². The van der Waals surface area contributed by atoms with Gasteiger partial charge in [-0.15, -0.1) is 0 Å². The van der Waals surface area contributed by atoms with Gasteiger partial charge in [0.2, 0.25) is 0 Å². The minimum absolute atomic E-state index is 0.101. The van der Waals surface area contributed by atoms with E-state index in [4.69, 9.17) is 10.00 Å². The van der Waals surface area contributed by atoms with Gasteiger partial charge in [0.05, 0.1) is 12.1 Å². The molecule has 0 amide bonds. The highest BCUT2D eigenvalue weighted by molar-refractivity contribution is 5.33. The molecule has 102 valence electrons. The molecule has 0 saturated carbocycles. The number of ether oxygens (including phenoxy) is 1. The zero-order chi connectivity index (χ0) is 14.2. The average Bonchev–Trinajstić information content (AvgIpc) is 2.50. The Bertz CT molecular complexity index is 558. The number of hydrogen-bond donors (Lipinski definition) is 1. The Kier molecular flexibility index (Phi) is 5.16. The molecule has 1 N–H and O–H groups in total. The Hall–Kier alpha value is -2.31. The summed E-state index contributed by atoms with van der Waals surface area (Å²) in [6.07, 6.45) is 0.900. The van der Waals surface area contributed by atoms with Crippen molar-refractivity contribution in [3.05, 3.63) is 60.2 Å². The normalized spacial score (nSPS) is 11.6. The van der Waals surface area contributed by atoms with E-state index in [0.717, 1.165) is 24.5 Å². The van der Waals surface area contributed by atoms with Gasteiger partial charge in [0, 0.05) is 6.54 Å². The van der Waals surface area contributed by atoms with Crippen molar-refractivity contribution < 1.29 is 4.74 Å². The summed E-state index contributed by atoms with van der Waals surface area (Å²) >= 11 is 0. The number of nitrogens with one attached hydrogen (secondary N) is 1. The van der Waals surface area contributed by atoms with Gasteiger partial charge in [0.25, 0.3) is 0 Å². The van der Waals surface area contributed by atoms with E-state index in [1.165, 1.54) is 5.56 Å². The maximum Gasteiger partial charge on any atom is 0.127 e. The van der Waals surface area contributed by atoms with Crippen LogP contribution in [0.15, 0.2) is 54.6 Å². The molecule has 1 atom stereocenters. The molecule has 0 saturated heterocycles. The summed E-state index contributed by atoms with van der Waals surface area (Å²) in [5.41, 5.74) is 1.23. The molecule has 0 aliphatic rings. The fraction of sp³-hybridized carbons (Fsp3) is 0.235. The summed E-state index contributed by atoms with van der Waals surface area (Å²) in [5.74, 6) is 1.67. The lowest BCUT2D eigenvalue weighted by molar-refractivity contribution is 0.482. The molecule has 0 heterocycles. The van der Waals surface area contributed by atoms with Crippen LogP contribution in [0.25, 0.3) is 0 Å². The molecular weight excluding hydrogens is 248 g/mol. The summed E-state index contributed by atoms with van der Waals surface area (Å²) in [6, 6.07) is 19.8. The minimum Gasteiger partial charge on any atom is -0.457 e. The van der Waals surface area contributed by atoms with E-state index < -0.39 is 0 Å². The lowest BCUT2D eigenvalue weighted by Gasteiger charge is -2.08. The first-order valence-electron chi connectivity index (χ1n) is 6.73. The average molecular weight is 266 g/mol. The van der Waals surface area contributed by atoms with E-state index in [-0.39, 0.29) is 6.04 Å². The Morgan fingerprint density at radius 1 is 1.05 bits per heavy atom. The van der Waals surface area contributed by atoms with Gasteiger partial charge in [0.1, 0.15) is 11.5 Å². The molecule has 2 aromatic carbocycles. The van der Waals surface area contributed by atoms with Crippen LogP contribution in [-0.4, -0.2) is 12.6 Å². The van der Waals surface area contributed by atoms with Crippen LogP contribution >= 0.6 is 0 Å². The van der Waals surface area contributed by atoms with Crippen molar-refractivity contribution in [1.29, 1.82) is 5.26 Å². The predicted octanol–water partition coefficient (Wildman–Crippen LogP) is 3.52. The second-order valence-corrected chi connectivity index (χ2v) is 4.61. The third-order valence-corrected chi connectivity index (χ3v) is 2.96. The first kappa shape index (κ1) is 14.1. The number of nitrogens with zero attached hydrogens (tertiary/aromatic N) is 1. The van der Waals surface area contributed by atoms with Gasteiger partial charge in [-0.05, 0) is 43.2 Å². The molecule has 0 aliphatic heterocycles. The summed E-state index contributed by atoms with van der Waals surface area (Å²) in [6.45, 7) is 2.66. The van der Waals surface area contributed by atoms with E-state index in [0.29, 0.717) is 0 Å². The maximum absolute atomic E-state index is 8.68. The molecule has 0 aliphatic carbocycles. The molecule has 1 unspecified atom stereocenters.